The normalized spacial score (nSPS) is 14.2. The Morgan fingerprint density at radius 3 is 2.50 bits per heavy atom. The minimum atomic E-state index is -0.387. The lowest BCUT2D eigenvalue weighted by Crippen LogP contribution is -2.39. The Morgan fingerprint density at radius 1 is 0.932 bits per heavy atom. The maximum Gasteiger partial charge on any atom is 0.407 e. The molecule has 1 amide bonds. The molecule has 44 heavy (non-hydrogen) atoms. The molecule has 0 saturated carbocycles. The van der Waals surface area contributed by atoms with Gasteiger partial charge in [0, 0.05) is 54.6 Å². The first-order valence-electron chi connectivity index (χ1n) is 15.0. The van der Waals surface area contributed by atoms with Crippen LogP contribution in [0, 0.1) is 6.92 Å². The summed E-state index contributed by atoms with van der Waals surface area (Å²) < 4.78 is 7.49. The Balaban J connectivity index is 1.04. The number of hydrogen-bond acceptors (Lipinski definition) is 7. The Hall–Kier alpha value is -5.15. The number of carbonyl (C=O) groups excluding carboxylic acids is 1. The van der Waals surface area contributed by atoms with E-state index in [0.717, 1.165) is 82.9 Å². The Labute approximate surface area is 255 Å². The van der Waals surface area contributed by atoms with Gasteiger partial charge in [-0.05, 0) is 49.1 Å². The van der Waals surface area contributed by atoms with E-state index in [1.165, 1.54) is 5.56 Å². The van der Waals surface area contributed by atoms with Crippen LogP contribution in [-0.2, 0) is 17.8 Å². The van der Waals surface area contributed by atoms with E-state index in [0.29, 0.717) is 6.54 Å². The number of likely N-dealkylation sites (tertiary alicyclic amines) is 1. The van der Waals surface area contributed by atoms with Crippen LogP contribution in [0.25, 0.3) is 39.1 Å². The van der Waals surface area contributed by atoms with Gasteiger partial charge in [-0.3, -0.25) is 9.88 Å². The molecule has 1 aliphatic heterocycles. The molecule has 0 aliphatic carbocycles. The van der Waals surface area contributed by atoms with E-state index in [4.69, 9.17) is 9.72 Å². The summed E-state index contributed by atoms with van der Waals surface area (Å²) >= 11 is 0. The van der Waals surface area contributed by atoms with Gasteiger partial charge in [0.2, 0.25) is 0 Å². The molecule has 0 radical (unpaired) electrons. The lowest BCUT2D eigenvalue weighted by molar-refractivity contribution is 0.0484. The number of piperidine rings is 1. The molecule has 2 aromatic carbocycles. The number of benzene rings is 2. The summed E-state index contributed by atoms with van der Waals surface area (Å²) in [6.45, 7) is 4.92. The van der Waals surface area contributed by atoms with E-state index in [9.17, 15) is 4.79 Å². The predicted octanol–water partition coefficient (Wildman–Crippen LogP) is 6.21. The average Bonchev–Trinajstić information content (AvgIpc) is 3.46. The topological polar surface area (TPSA) is 97.5 Å². The van der Waals surface area contributed by atoms with Gasteiger partial charge < -0.3 is 10.1 Å². The smallest absolute Gasteiger partial charge is 0.407 e. The lowest BCUT2D eigenvalue weighted by Gasteiger charge is -2.31. The van der Waals surface area contributed by atoms with Crippen LogP contribution in [0.3, 0.4) is 0 Å². The zero-order valence-corrected chi connectivity index (χ0v) is 24.6. The van der Waals surface area contributed by atoms with E-state index >= 15 is 0 Å². The summed E-state index contributed by atoms with van der Waals surface area (Å²) in [6, 6.07) is 28.8. The van der Waals surface area contributed by atoms with Crippen LogP contribution in [0.5, 0.6) is 0 Å². The number of alkyl carbamates (subject to hydrolysis) is 1. The summed E-state index contributed by atoms with van der Waals surface area (Å²) in [4.78, 5) is 28.7. The summed E-state index contributed by atoms with van der Waals surface area (Å²) in [5, 5.41) is 8.39. The molecule has 1 aliphatic rings. The van der Waals surface area contributed by atoms with Crippen molar-refractivity contribution in [1.29, 1.82) is 0 Å². The molecule has 9 heteroatoms. The van der Waals surface area contributed by atoms with Gasteiger partial charge in [0.05, 0.1) is 23.6 Å². The largest absolute Gasteiger partial charge is 0.446 e. The third-order valence-electron chi connectivity index (χ3n) is 8.05. The molecule has 220 valence electrons. The molecule has 7 rings (SSSR count). The number of carbonyl (C=O) groups is 1. The van der Waals surface area contributed by atoms with E-state index < -0.39 is 0 Å². The first kappa shape index (κ1) is 27.7. The summed E-state index contributed by atoms with van der Waals surface area (Å²) in [6.07, 6.45) is 4.75. The zero-order chi connectivity index (χ0) is 29.9. The van der Waals surface area contributed by atoms with Crippen molar-refractivity contribution in [3.8, 4) is 22.4 Å². The summed E-state index contributed by atoms with van der Waals surface area (Å²) in [5.74, 6) is 0. The maximum atomic E-state index is 12.3. The van der Waals surface area contributed by atoms with Gasteiger partial charge in [-0.15, -0.1) is 0 Å². The third kappa shape index (κ3) is 6.00. The number of hydrogen-bond donors (Lipinski definition) is 1. The molecule has 9 nitrogen and oxygen atoms in total. The van der Waals surface area contributed by atoms with E-state index in [1.807, 2.05) is 60.1 Å². The van der Waals surface area contributed by atoms with Crippen LogP contribution in [0.1, 0.15) is 29.8 Å². The van der Waals surface area contributed by atoms with Crippen LogP contribution < -0.4 is 5.32 Å². The van der Waals surface area contributed by atoms with Gasteiger partial charge in [0.15, 0.2) is 11.3 Å². The van der Waals surface area contributed by atoms with Crippen LogP contribution in [0.4, 0.5) is 4.79 Å². The molecule has 1 saturated heterocycles. The fourth-order valence-electron chi connectivity index (χ4n) is 5.78. The van der Waals surface area contributed by atoms with Gasteiger partial charge in [-0.2, -0.15) is 9.61 Å². The number of aryl methyl sites for hydroxylation is 1. The maximum absolute atomic E-state index is 12.3. The number of fused-ring (bicyclic) bond motifs is 3. The molecule has 4 aromatic heterocycles. The molecule has 6 aromatic rings. The van der Waals surface area contributed by atoms with Crippen LogP contribution in [0.15, 0.2) is 97.3 Å². The highest BCUT2D eigenvalue weighted by Gasteiger charge is 2.22. The van der Waals surface area contributed by atoms with E-state index in [1.54, 1.807) is 6.20 Å². The molecule has 0 atom stereocenters. The Morgan fingerprint density at radius 2 is 1.73 bits per heavy atom. The molecule has 1 fully saturated rings. The summed E-state index contributed by atoms with van der Waals surface area (Å²) in [5.41, 5.74) is 8.65. The van der Waals surface area contributed by atoms with Crippen molar-refractivity contribution in [3.05, 3.63) is 114 Å². The van der Waals surface area contributed by atoms with Crippen molar-refractivity contribution in [3.63, 3.8) is 0 Å². The predicted molar refractivity (Wildman–Crippen MR) is 170 cm³/mol. The van der Waals surface area contributed by atoms with Crippen molar-refractivity contribution in [1.82, 2.24) is 34.8 Å². The average molecular weight is 584 g/mol. The van der Waals surface area contributed by atoms with Crippen molar-refractivity contribution in [2.24, 2.45) is 0 Å². The van der Waals surface area contributed by atoms with Crippen LogP contribution >= 0.6 is 0 Å². The highest BCUT2D eigenvalue weighted by molar-refractivity contribution is 5.90. The number of pyridine rings is 2. The van der Waals surface area contributed by atoms with Gasteiger partial charge in [-0.25, -0.2) is 14.8 Å². The molecule has 0 unspecified atom stereocenters. The van der Waals surface area contributed by atoms with Crippen LogP contribution in [0.2, 0.25) is 0 Å². The summed E-state index contributed by atoms with van der Waals surface area (Å²) in [7, 11) is 0. The second-order valence-electron chi connectivity index (χ2n) is 11.2. The van der Waals surface area contributed by atoms with Gasteiger partial charge >= 0.3 is 6.09 Å². The second-order valence-corrected chi connectivity index (χ2v) is 11.2. The lowest BCUT2D eigenvalue weighted by atomic mass is 9.97. The van der Waals surface area contributed by atoms with E-state index in [2.05, 4.69) is 67.7 Å². The molecule has 0 spiro atoms. The van der Waals surface area contributed by atoms with Crippen molar-refractivity contribution in [2.45, 2.75) is 39.0 Å². The van der Waals surface area contributed by atoms with Crippen molar-refractivity contribution >= 4 is 22.8 Å². The van der Waals surface area contributed by atoms with Gasteiger partial charge in [-0.1, -0.05) is 60.7 Å². The highest BCUT2D eigenvalue weighted by atomic mass is 16.6. The molecular weight excluding hydrogens is 550 g/mol. The van der Waals surface area contributed by atoms with Crippen molar-refractivity contribution < 1.29 is 9.53 Å². The number of rotatable bonds is 7. The first-order chi connectivity index (χ1) is 21.6. The minimum Gasteiger partial charge on any atom is -0.446 e. The van der Waals surface area contributed by atoms with Gasteiger partial charge in [0.25, 0.3) is 0 Å². The number of nitrogens with zero attached hydrogens (tertiary/aromatic N) is 6. The Bertz CT molecular complexity index is 1900. The van der Waals surface area contributed by atoms with E-state index in [-0.39, 0.29) is 12.2 Å². The quantitative estimate of drug-likeness (QED) is 0.239. The van der Waals surface area contributed by atoms with Gasteiger partial charge in [0.1, 0.15) is 6.10 Å². The monoisotopic (exact) mass is 583 g/mol. The molecular formula is C35H33N7O2. The number of amides is 1. The molecule has 0 bridgehead atoms. The SMILES string of the molecule is Cc1cc2ncc3cc(-c4ccccc4)c(-c4ccc(CN5CCC(OC(=O)NCc6ccccn6)CC5)cc4)nc3n2n1. The minimum absolute atomic E-state index is 0.0759. The number of nitrogens with one attached hydrogen (secondary N) is 1. The zero-order valence-electron chi connectivity index (χ0n) is 24.6. The fraction of sp³-hybridized carbons (Fsp3) is 0.229. The van der Waals surface area contributed by atoms with Crippen molar-refractivity contribution in [2.75, 3.05) is 13.1 Å². The first-order valence-corrected chi connectivity index (χ1v) is 15.0. The molecule has 1 N–H and O–H groups in total. The molecule has 5 heterocycles. The van der Waals surface area contributed by atoms with Crippen LogP contribution in [-0.4, -0.2) is 54.8 Å². The fourth-order valence-corrected chi connectivity index (χ4v) is 5.78. The highest BCUT2D eigenvalue weighted by Crippen LogP contribution is 2.33. The number of ether oxygens (including phenoxy) is 1. The third-order valence-corrected chi connectivity index (χ3v) is 8.05. The Kier molecular flexibility index (Phi) is 7.69. The number of aromatic nitrogens is 5. The second kappa shape index (κ2) is 12.2. The standard InChI is InChI=1S/C35H33N7O2/c1-24-19-32-37-21-28-20-31(26-7-3-2-4-8-26)33(39-34(28)42(32)40-24)27-12-10-25(11-13-27)23-41-17-14-30(15-18-41)44-35(43)38-22-29-9-5-6-16-36-29/h2-13,16,19-21,30H,14-15,17-18,22-23H2,1H3,(H,38,43).